The van der Waals surface area contributed by atoms with Crippen LogP contribution in [-0.2, 0) is 21.4 Å². The Morgan fingerprint density at radius 2 is 2.18 bits per heavy atom. The van der Waals surface area contributed by atoms with Crippen LogP contribution < -0.4 is 0 Å². The molecule has 3 aliphatic rings. The molecule has 118 valence electrons. The fraction of sp³-hybridized carbons (Fsp3) is 0.632. The van der Waals surface area contributed by atoms with Crippen molar-refractivity contribution in [3.63, 3.8) is 0 Å². The molecule has 1 aromatic rings. The van der Waals surface area contributed by atoms with Crippen molar-refractivity contribution in [3.8, 4) is 0 Å². The van der Waals surface area contributed by atoms with E-state index in [1.165, 1.54) is 11.1 Å². The highest BCUT2D eigenvalue weighted by Crippen LogP contribution is 2.48. The second kappa shape index (κ2) is 5.09. The van der Waals surface area contributed by atoms with Crippen molar-refractivity contribution in [2.24, 2.45) is 11.8 Å². The van der Waals surface area contributed by atoms with Gasteiger partial charge in [0.05, 0.1) is 12.5 Å². The predicted molar refractivity (Wildman–Crippen MR) is 85.7 cm³/mol. The first-order valence-corrected chi connectivity index (χ1v) is 8.58. The molecule has 22 heavy (non-hydrogen) atoms. The van der Waals surface area contributed by atoms with Crippen LogP contribution in [0.25, 0.3) is 0 Å². The molecule has 1 aliphatic carbocycles. The molecule has 2 fully saturated rings. The van der Waals surface area contributed by atoms with Crippen molar-refractivity contribution in [3.05, 3.63) is 35.4 Å². The van der Waals surface area contributed by atoms with Crippen LogP contribution in [0.3, 0.4) is 0 Å². The van der Waals surface area contributed by atoms with Gasteiger partial charge >= 0.3 is 0 Å². The molecular weight excluding hydrogens is 274 g/mol. The number of fused-ring (bicyclic) bond motifs is 4. The van der Waals surface area contributed by atoms with Crippen LogP contribution in [0.15, 0.2) is 24.3 Å². The molecule has 1 amide bonds. The van der Waals surface area contributed by atoms with E-state index in [2.05, 4.69) is 43.0 Å². The number of ether oxygens (including phenoxy) is 1. The minimum atomic E-state index is 0.0914. The third-order valence-electron chi connectivity index (χ3n) is 6.48. The molecule has 1 aromatic carbocycles. The minimum Gasteiger partial charge on any atom is -0.381 e. The van der Waals surface area contributed by atoms with Crippen LogP contribution in [0, 0.1) is 11.8 Å². The zero-order valence-electron chi connectivity index (χ0n) is 13.5. The van der Waals surface area contributed by atoms with Crippen molar-refractivity contribution in [2.75, 3.05) is 19.8 Å². The van der Waals surface area contributed by atoms with Gasteiger partial charge in [0, 0.05) is 19.2 Å². The highest BCUT2D eigenvalue weighted by molar-refractivity contribution is 5.80. The van der Waals surface area contributed by atoms with E-state index in [0.29, 0.717) is 24.5 Å². The van der Waals surface area contributed by atoms with Gasteiger partial charge in [-0.15, -0.1) is 0 Å². The highest BCUT2D eigenvalue weighted by Gasteiger charge is 2.50. The van der Waals surface area contributed by atoms with E-state index >= 15 is 0 Å². The van der Waals surface area contributed by atoms with Gasteiger partial charge in [0.1, 0.15) is 0 Å². The number of nitrogens with zero attached hydrogens (tertiary/aromatic N) is 1. The van der Waals surface area contributed by atoms with Crippen LogP contribution in [-0.4, -0.2) is 36.6 Å². The zero-order chi connectivity index (χ0) is 15.3. The summed E-state index contributed by atoms with van der Waals surface area (Å²) in [7, 11) is 0. The largest absolute Gasteiger partial charge is 0.381 e. The second-order valence-corrected chi connectivity index (χ2v) is 7.48. The summed E-state index contributed by atoms with van der Waals surface area (Å²) in [6.07, 6.45) is 2.97. The molecular formula is C19H25NO2. The maximum absolute atomic E-state index is 12.9. The molecule has 0 aromatic heterocycles. The number of amides is 1. The smallest absolute Gasteiger partial charge is 0.228 e. The van der Waals surface area contributed by atoms with Crippen LogP contribution in [0.1, 0.15) is 37.8 Å². The summed E-state index contributed by atoms with van der Waals surface area (Å²) in [5.74, 6) is 0.937. The first-order valence-electron chi connectivity index (χ1n) is 8.58. The Hall–Kier alpha value is -1.35. The van der Waals surface area contributed by atoms with Gasteiger partial charge < -0.3 is 9.64 Å². The Labute approximate surface area is 132 Å². The van der Waals surface area contributed by atoms with Crippen molar-refractivity contribution in [2.45, 2.75) is 44.6 Å². The number of piperidine rings is 1. The number of hydrogen-bond donors (Lipinski definition) is 0. The van der Waals surface area contributed by atoms with Crippen LogP contribution in [0.5, 0.6) is 0 Å². The maximum Gasteiger partial charge on any atom is 0.228 e. The molecule has 4 rings (SSSR count). The molecule has 0 spiro atoms. The summed E-state index contributed by atoms with van der Waals surface area (Å²) in [6.45, 7) is 6.98. The molecule has 3 heteroatoms. The Bertz CT molecular complexity index is 593. The zero-order valence-corrected chi connectivity index (χ0v) is 13.5. The van der Waals surface area contributed by atoms with E-state index in [1.807, 2.05) is 0 Å². The van der Waals surface area contributed by atoms with Gasteiger partial charge in [-0.25, -0.2) is 0 Å². The van der Waals surface area contributed by atoms with Crippen LogP contribution in [0.4, 0.5) is 0 Å². The lowest BCUT2D eigenvalue weighted by Crippen LogP contribution is -2.60. The second-order valence-electron chi connectivity index (χ2n) is 7.48. The summed E-state index contributed by atoms with van der Waals surface area (Å²) in [5, 5.41) is 0. The highest BCUT2D eigenvalue weighted by atomic mass is 16.5. The van der Waals surface area contributed by atoms with E-state index < -0.39 is 0 Å². The van der Waals surface area contributed by atoms with Crippen molar-refractivity contribution in [1.29, 1.82) is 0 Å². The molecule has 0 N–H and O–H groups in total. The van der Waals surface area contributed by atoms with Crippen molar-refractivity contribution in [1.82, 2.24) is 4.90 Å². The number of carbonyl (C=O) groups is 1. The van der Waals surface area contributed by atoms with Gasteiger partial charge in [-0.3, -0.25) is 4.79 Å². The first kappa shape index (κ1) is 14.3. The summed E-state index contributed by atoms with van der Waals surface area (Å²) in [4.78, 5) is 15.1. The Kier molecular flexibility index (Phi) is 3.30. The number of rotatable bonds is 1. The summed E-state index contributed by atoms with van der Waals surface area (Å²) >= 11 is 0. The van der Waals surface area contributed by atoms with E-state index in [-0.39, 0.29) is 11.3 Å². The van der Waals surface area contributed by atoms with E-state index in [9.17, 15) is 4.79 Å². The van der Waals surface area contributed by atoms with Crippen LogP contribution >= 0.6 is 0 Å². The number of carbonyl (C=O) groups excluding carboxylic acids is 1. The third-order valence-corrected chi connectivity index (χ3v) is 6.48. The molecule has 2 saturated heterocycles. The molecule has 0 radical (unpaired) electrons. The van der Waals surface area contributed by atoms with E-state index in [1.54, 1.807) is 0 Å². The molecule has 3 nitrogen and oxygen atoms in total. The third kappa shape index (κ3) is 1.95. The monoisotopic (exact) mass is 299 g/mol. The Morgan fingerprint density at radius 1 is 1.36 bits per heavy atom. The standard InChI is InChI=1S/C19H25NO2/c1-13-17-11-14-5-3-4-6-16(14)19(13,2)8-9-20(17)18(21)15-7-10-22-12-15/h3-6,13,15,17H,7-12H2,1-2H3/t13-,15?,17?,19+/m1/s1. The normalized spacial score (nSPS) is 37.0. The van der Waals surface area contributed by atoms with Gasteiger partial charge in [-0.1, -0.05) is 38.1 Å². The number of benzene rings is 1. The Morgan fingerprint density at radius 3 is 2.95 bits per heavy atom. The van der Waals surface area contributed by atoms with Gasteiger partial charge in [0.15, 0.2) is 0 Å². The molecule has 0 saturated carbocycles. The molecule has 2 bridgehead atoms. The molecule has 2 aliphatic heterocycles. The van der Waals surface area contributed by atoms with E-state index in [0.717, 1.165) is 32.4 Å². The molecule has 4 atom stereocenters. The Balaban J connectivity index is 1.67. The lowest BCUT2D eigenvalue weighted by molar-refractivity contribution is -0.143. The quantitative estimate of drug-likeness (QED) is 0.798. The lowest BCUT2D eigenvalue weighted by atomic mass is 9.59. The minimum absolute atomic E-state index is 0.0914. The topological polar surface area (TPSA) is 29.5 Å². The average molecular weight is 299 g/mol. The van der Waals surface area contributed by atoms with Crippen LogP contribution in [0.2, 0.25) is 0 Å². The summed E-state index contributed by atoms with van der Waals surface area (Å²) in [5.41, 5.74) is 3.16. The van der Waals surface area contributed by atoms with Gasteiger partial charge in [-0.2, -0.15) is 0 Å². The first-order chi connectivity index (χ1) is 10.6. The van der Waals surface area contributed by atoms with Gasteiger partial charge in [0.2, 0.25) is 5.91 Å². The lowest BCUT2D eigenvalue weighted by Gasteiger charge is -2.55. The predicted octanol–water partition coefficient (Wildman–Crippen LogP) is 2.77. The summed E-state index contributed by atoms with van der Waals surface area (Å²) < 4.78 is 5.43. The van der Waals surface area contributed by atoms with Gasteiger partial charge in [-0.05, 0) is 41.7 Å². The molecule has 2 unspecified atom stereocenters. The maximum atomic E-state index is 12.9. The van der Waals surface area contributed by atoms with Gasteiger partial charge in [0.25, 0.3) is 0 Å². The average Bonchev–Trinajstić information content (AvgIpc) is 3.05. The SMILES string of the molecule is C[C@@H]1C2Cc3ccccc3[C@@]1(C)CCN2C(=O)C1CCOC1. The molecule has 2 heterocycles. The number of likely N-dealkylation sites (tertiary alicyclic amines) is 1. The number of hydrogen-bond acceptors (Lipinski definition) is 2. The fourth-order valence-corrected chi connectivity index (χ4v) is 4.83. The summed E-state index contributed by atoms with van der Waals surface area (Å²) in [6, 6.07) is 9.18. The van der Waals surface area contributed by atoms with Crippen molar-refractivity contribution >= 4 is 5.91 Å². The van der Waals surface area contributed by atoms with E-state index in [4.69, 9.17) is 4.74 Å². The van der Waals surface area contributed by atoms with Crippen molar-refractivity contribution < 1.29 is 9.53 Å². The fourth-order valence-electron chi connectivity index (χ4n) is 4.83.